The van der Waals surface area contributed by atoms with Crippen LogP contribution in [0.3, 0.4) is 0 Å². The van der Waals surface area contributed by atoms with Crippen LogP contribution in [0.2, 0.25) is 0 Å². The third kappa shape index (κ3) is 5.50. The highest BCUT2D eigenvalue weighted by molar-refractivity contribution is 7.13. The lowest BCUT2D eigenvalue weighted by atomic mass is 10.0. The minimum Gasteiger partial charge on any atom is -0.320 e. The van der Waals surface area contributed by atoms with Gasteiger partial charge in [0, 0.05) is 18.5 Å². The third-order valence-electron chi connectivity index (χ3n) is 3.93. The molecule has 0 radical (unpaired) electrons. The lowest BCUT2D eigenvalue weighted by molar-refractivity contribution is -0.118. The molecule has 7 heteroatoms. The molecule has 2 atom stereocenters. The lowest BCUT2D eigenvalue weighted by Crippen LogP contribution is -2.39. The summed E-state index contributed by atoms with van der Waals surface area (Å²) in [6, 6.07) is -0.486. The largest absolute Gasteiger partial charge is 0.320 e. The van der Waals surface area contributed by atoms with Gasteiger partial charge in [0.05, 0.1) is 11.7 Å². The van der Waals surface area contributed by atoms with E-state index in [1.165, 1.54) is 24.2 Å². The standard InChI is InChI=1S/C15H26N4OS.ClH/c1-10(2)13(16)14(20)18-15-17-12(9-21-15)8-19-6-4-5-11(3)7-19;/h9-11,13H,4-8,16H2,1-3H3,(H,17,18,20);1H/t11?,13-;/m0./s1. The second-order valence-corrected chi connectivity index (χ2v) is 7.24. The molecule has 0 saturated carbocycles. The quantitative estimate of drug-likeness (QED) is 0.859. The molecule has 1 aromatic rings. The van der Waals surface area contributed by atoms with E-state index in [0.717, 1.165) is 31.2 Å². The van der Waals surface area contributed by atoms with Gasteiger partial charge in [0.15, 0.2) is 5.13 Å². The minimum atomic E-state index is -0.486. The van der Waals surface area contributed by atoms with Crippen LogP contribution >= 0.6 is 23.7 Å². The predicted molar refractivity (Wildman–Crippen MR) is 94.5 cm³/mol. The van der Waals surface area contributed by atoms with Crippen molar-refractivity contribution in [3.05, 3.63) is 11.1 Å². The number of nitrogens with one attached hydrogen (secondary N) is 1. The number of thiazole rings is 1. The van der Waals surface area contributed by atoms with Crippen LogP contribution in [0, 0.1) is 11.8 Å². The summed E-state index contributed by atoms with van der Waals surface area (Å²) in [6.45, 7) is 9.32. The predicted octanol–water partition coefficient (Wildman–Crippen LogP) is 2.72. The van der Waals surface area contributed by atoms with Crippen molar-refractivity contribution in [3.63, 3.8) is 0 Å². The maximum atomic E-state index is 11.9. The molecule has 2 rings (SSSR count). The Morgan fingerprint density at radius 2 is 2.32 bits per heavy atom. The zero-order valence-electron chi connectivity index (χ0n) is 13.5. The van der Waals surface area contributed by atoms with Crippen molar-refractivity contribution in [1.82, 2.24) is 9.88 Å². The van der Waals surface area contributed by atoms with Crippen LogP contribution in [0.4, 0.5) is 5.13 Å². The number of aromatic nitrogens is 1. The van der Waals surface area contributed by atoms with Gasteiger partial charge in [0.1, 0.15) is 0 Å². The highest BCUT2D eigenvalue weighted by Gasteiger charge is 2.20. The van der Waals surface area contributed by atoms with Gasteiger partial charge in [-0.25, -0.2) is 4.98 Å². The van der Waals surface area contributed by atoms with Crippen LogP contribution in [0.25, 0.3) is 0 Å². The van der Waals surface area contributed by atoms with Gasteiger partial charge in [0.2, 0.25) is 5.91 Å². The average Bonchev–Trinajstić information content (AvgIpc) is 2.84. The smallest absolute Gasteiger partial charge is 0.243 e. The van der Waals surface area contributed by atoms with Crippen molar-refractivity contribution in [1.29, 1.82) is 0 Å². The molecule has 0 spiro atoms. The first-order valence-corrected chi connectivity index (χ1v) is 8.57. The van der Waals surface area contributed by atoms with Gasteiger partial charge in [-0.15, -0.1) is 23.7 Å². The molecule has 1 saturated heterocycles. The lowest BCUT2D eigenvalue weighted by Gasteiger charge is -2.30. The number of carbonyl (C=O) groups is 1. The third-order valence-corrected chi connectivity index (χ3v) is 4.74. The van der Waals surface area contributed by atoms with E-state index in [-0.39, 0.29) is 24.2 Å². The molecule has 1 aliphatic heterocycles. The van der Waals surface area contributed by atoms with Crippen molar-refractivity contribution in [2.24, 2.45) is 17.6 Å². The fourth-order valence-electron chi connectivity index (χ4n) is 2.59. The Hall–Kier alpha value is -0.690. The number of nitrogens with zero attached hydrogens (tertiary/aromatic N) is 2. The number of anilines is 1. The number of halogens is 1. The van der Waals surface area contributed by atoms with Gasteiger partial charge in [-0.05, 0) is 31.2 Å². The molecule has 2 heterocycles. The van der Waals surface area contributed by atoms with Crippen LogP contribution in [0.15, 0.2) is 5.38 Å². The Kier molecular flexibility index (Phi) is 7.76. The summed E-state index contributed by atoms with van der Waals surface area (Å²) in [5.41, 5.74) is 6.87. The molecule has 5 nitrogen and oxygen atoms in total. The van der Waals surface area contributed by atoms with E-state index in [4.69, 9.17) is 5.73 Å². The summed E-state index contributed by atoms with van der Waals surface area (Å²) in [5.74, 6) is 0.734. The zero-order chi connectivity index (χ0) is 15.4. The maximum Gasteiger partial charge on any atom is 0.243 e. The first-order valence-electron chi connectivity index (χ1n) is 7.69. The molecule has 1 unspecified atom stereocenters. The van der Waals surface area contributed by atoms with Gasteiger partial charge >= 0.3 is 0 Å². The number of rotatable bonds is 5. The summed E-state index contributed by atoms with van der Waals surface area (Å²) in [7, 11) is 0. The first kappa shape index (κ1) is 19.4. The minimum absolute atomic E-state index is 0. The number of piperidine rings is 1. The second kappa shape index (κ2) is 8.82. The summed E-state index contributed by atoms with van der Waals surface area (Å²) in [4.78, 5) is 18.9. The highest BCUT2D eigenvalue weighted by atomic mass is 35.5. The number of likely N-dealkylation sites (tertiary alicyclic amines) is 1. The van der Waals surface area contributed by atoms with Crippen LogP contribution in [-0.4, -0.2) is 34.9 Å². The number of nitrogens with two attached hydrogens (primary N) is 1. The SMILES string of the molecule is CC1CCCN(Cc2csc(NC(=O)[C@@H](N)C(C)C)n2)C1.Cl. The Bertz CT molecular complexity index is 480. The van der Waals surface area contributed by atoms with Crippen molar-refractivity contribution in [3.8, 4) is 0 Å². The van der Waals surface area contributed by atoms with Crippen LogP contribution in [-0.2, 0) is 11.3 Å². The molecule has 0 bridgehead atoms. The van der Waals surface area contributed by atoms with E-state index in [2.05, 4.69) is 22.1 Å². The molecule has 22 heavy (non-hydrogen) atoms. The Labute approximate surface area is 143 Å². The summed E-state index contributed by atoms with van der Waals surface area (Å²) in [6.07, 6.45) is 2.58. The highest BCUT2D eigenvalue weighted by Crippen LogP contribution is 2.21. The van der Waals surface area contributed by atoms with Gasteiger partial charge in [0.25, 0.3) is 0 Å². The molecular formula is C15H27ClN4OS. The molecular weight excluding hydrogens is 320 g/mol. The van der Waals surface area contributed by atoms with Crippen LogP contribution < -0.4 is 11.1 Å². The van der Waals surface area contributed by atoms with E-state index < -0.39 is 6.04 Å². The molecule has 1 amide bonds. The van der Waals surface area contributed by atoms with Gasteiger partial charge < -0.3 is 11.1 Å². The van der Waals surface area contributed by atoms with Crippen molar-refractivity contribution in [2.45, 2.75) is 46.2 Å². The topological polar surface area (TPSA) is 71.2 Å². The number of hydrogen-bond donors (Lipinski definition) is 2. The fraction of sp³-hybridized carbons (Fsp3) is 0.733. The Morgan fingerprint density at radius 3 is 2.95 bits per heavy atom. The number of amides is 1. The van der Waals surface area contributed by atoms with E-state index in [1.54, 1.807) is 0 Å². The summed E-state index contributed by atoms with van der Waals surface area (Å²) >= 11 is 1.47. The van der Waals surface area contributed by atoms with Gasteiger partial charge in [-0.3, -0.25) is 9.69 Å². The molecule has 0 aromatic carbocycles. The van der Waals surface area contributed by atoms with E-state index in [1.807, 2.05) is 19.2 Å². The maximum absolute atomic E-state index is 11.9. The monoisotopic (exact) mass is 346 g/mol. The Balaban J connectivity index is 0.00000242. The van der Waals surface area contributed by atoms with E-state index in [9.17, 15) is 4.79 Å². The van der Waals surface area contributed by atoms with Gasteiger partial charge in [-0.1, -0.05) is 20.8 Å². The summed E-state index contributed by atoms with van der Waals surface area (Å²) < 4.78 is 0. The molecule has 1 fully saturated rings. The second-order valence-electron chi connectivity index (χ2n) is 6.39. The van der Waals surface area contributed by atoms with Gasteiger partial charge in [-0.2, -0.15) is 0 Å². The Morgan fingerprint density at radius 1 is 1.59 bits per heavy atom. The van der Waals surface area contributed by atoms with E-state index >= 15 is 0 Å². The molecule has 0 aliphatic carbocycles. The molecule has 126 valence electrons. The first-order chi connectivity index (χ1) is 9.95. The number of hydrogen-bond acceptors (Lipinski definition) is 5. The normalized spacial score (nSPS) is 20.5. The van der Waals surface area contributed by atoms with Crippen LogP contribution in [0.1, 0.15) is 39.3 Å². The molecule has 1 aliphatic rings. The van der Waals surface area contributed by atoms with E-state index in [0.29, 0.717) is 5.13 Å². The fourth-order valence-corrected chi connectivity index (χ4v) is 3.29. The van der Waals surface area contributed by atoms with Crippen molar-refractivity contribution >= 4 is 34.8 Å². The zero-order valence-corrected chi connectivity index (χ0v) is 15.2. The average molecular weight is 347 g/mol. The van der Waals surface area contributed by atoms with Crippen molar-refractivity contribution < 1.29 is 4.79 Å². The summed E-state index contributed by atoms with van der Waals surface area (Å²) in [5, 5.41) is 5.49. The number of carbonyl (C=O) groups excluding carboxylic acids is 1. The molecule has 3 N–H and O–H groups in total. The van der Waals surface area contributed by atoms with Crippen molar-refractivity contribution in [2.75, 3.05) is 18.4 Å². The van der Waals surface area contributed by atoms with Crippen LogP contribution in [0.5, 0.6) is 0 Å². The molecule has 1 aromatic heterocycles.